The van der Waals surface area contributed by atoms with Gasteiger partial charge in [0.15, 0.2) is 12.4 Å². The molecule has 0 amide bonds. The van der Waals surface area contributed by atoms with Crippen LogP contribution in [0.5, 0.6) is 0 Å². The molecular weight excluding hydrogens is 959 g/mol. The third kappa shape index (κ3) is 60.7. The molecule has 2 atom stereocenters. The number of rotatable bonds is 61. The van der Waals surface area contributed by atoms with Crippen molar-refractivity contribution in [2.75, 3.05) is 47.5 Å². The molecule has 0 aromatic rings. The van der Waals surface area contributed by atoms with Gasteiger partial charge < -0.3 is 33.3 Å². The molecule has 0 saturated carbocycles. The lowest BCUT2D eigenvalue weighted by molar-refractivity contribution is -0.870. The van der Waals surface area contributed by atoms with E-state index in [1.165, 1.54) is 231 Å². The Kier molecular flexibility index (Phi) is 57.3. The maximum absolute atomic E-state index is 12.9. The molecule has 450 valence electrons. The molecule has 0 spiro atoms. The van der Waals surface area contributed by atoms with E-state index in [0.717, 1.165) is 44.9 Å². The average molecular weight is 1080 g/mol. The predicted octanol–water partition coefficient (Wildman–Crippen LogP) is 18.5. The quantitative estimate of drug-likeness (QED) is 0.0195. The number of nitrogens with zero attached hydrogens (tertiary/aromatic N) is 1. The van der Waals surface area contributed by atoms with Crippen molar-refractivity contribution in [1.82, 2.24) is 0 Å². The molecule has 0 aliphatic heterocycles. The molecule has 0 bridgehead atoms. The summed E-state index contributed by atoms with van der Waals surface area (Å²) >= 11 is 0. The first-order valence-electron chi connectivity index (χ1n) is 32.8. The van der Waals surface area contributed by atoms with Crippen LogP contribution in [0, 0.1) is 0 Å². The van der Waals surface area contributed by atoms with Crippen molar-refractivity contribution < 1.29 is 42.9 Å². The van der Waals surface area contributed by atoms with E-state index >= 15 is 0 Å². The molecule has 0 aromatic carbocycles. The number of esters is 2. The first-order valence-corrected chi connectivity index (χ1v) is 32.8. The number of hydrogen-bond acceptors (Lipinski definition) is 8. The highest BCUT2D eigenvalue weighted by molar-refractivity contribution is 5.70. The van der Waals surface area contributed by atoms with Crippen molar-refractivity contribution in [3.8, 4) is 0 Å². The number of hydrogen-bond donors (Lipinski definition) is 0. The van der Waals surface area contributed by atoms with E-state index in [2.05, 4.69) is 62.5 Å². The van der Waals surface area contributed by atoms with Crippen molar-refractivity contribution in [3.05, 3.63) is 48.6 Å². The number of carbonyl (C=O) groups excluding carboxylic acids is 3. The minimum absolute atomic E-state index is 0.148. The summed E-state index contributed by atoms with van der Waals surface area (Å²) in [7, 11) is 5.93. The Morgan fingerprint density at radius 3 is 1.03 bits per heavy atom. The molecule has 0 aromatic heterocycles. The van der Waals surface area contributed by atoms with Gasteiger partial charge in [0.25, 0.3) is 0 Å². The zero-order chi connectivity index (χ0) is 56.2. The Hall–Kier alpha value is -2.75. The van der Waals surface area contributed by atoms with Crippen molar-refractivity contribution in [2.24, 2.45) is 0 Å². The molecule has 0 heterocycles. The highest BCUT2D eigenvalue weighted by Crippen LogP contribution is 2.17. The first kappa shape index (κ1) is 74.2. The predicted molar refractivity (Wildman–Crippen MR) is 325 cm³/mol. The van der Waals surface area contributed by atoms with Crippen LogP contribution in [0.25, 0.3) is 0 Å². The Bertz CT molecular complexity index is 1400. The van der Waals surface area contributed by atoms with Gasteiger partial charge in [-0.3, -0.25) is 9.59 Å². The Morgan fingerprint density at radius 1 is 0.390 bits per heavy atom. The van der Waals surface area contributed by atoms with Crippen molar-refractivity contribution in [2.45, 2.75) is 322 Å². The lowest BCUT2D eigenvalue weighted by Crippen LogP contribution is -2.44. The van der Waals surface area contributed by atoms with Crippen molar-refractivity contribution >= 4 is 17.9 Å². The normalized spacial score (nSPS) is 13.0. The van der Waals surface area contributed by atoms with Gasteiger partial charge >= 0.3 is 11.9 Å². The molecule has 0 saturated heterocycles. The van der Waals surface area contributed by atoms with Crippen LogP contribution in [0.15, 0.2) is 48.6 Å². The van der Waals surface area contributed by atoms with Crippen LogP contribution >= 0.6 is 0 Å². The third-order valence-electron chi connectivity index (χ3n) is 14.5. The summed E-state index contributed by atoms with van der Waals surface area (Å²) in [6, 6.07) is 0. The zero-order valence-electron chi connectivity index (χ0n) is 51.3. The molecule has 9 nitrogen and oxygen atoms in total. The highest BCUT2D eigenvalue weighted by Gasteiger charge is 2.22. The van der Waals surface area contributed by atoms with E-state index in [1.807, 2.05) is 21.1 Å². The minimum Gasteiger partial charge on any atom is -0.545 e. The topological polar surface area (TPSA) is 111 Å². The van der Waals surface area contributed by atoms with Gasteiger partial charge in [-0.05, 0) is 77.0 Å². The summed E-state index contributed by atoms with van der Waals surface area (Å²) in [6.45, 7) is 4.77. The number of quaternary nitrogens is 1. The van der Waals surface area contributed by atoms with Gasteiger partial charge in [0, 0.05) is 12.8 Å². The van der Waals surface area contributed by atoms with Gasteiger partial charge in [-0.1, -0.05) is 268 Å². The second-order valence-electron chi connectivity index (χ2n) is 23.4. The number of carboxylic acid groups (broad SMARTS) is 1. The Labute approximate surface area is 476 Å². The summed E-state index contributed by atoms with van der Waals surface area (Å²) in [4.78, 5) is 37.4. The van der Waals surface area contributed by atoms with E-state index in [0.29, 0.717) is 23.9 Å². The smallest absolute Gasteiger partial charge is 0.306 e. The molecule has 0 N–H and O–H groups in total. The number of allylic oxidation sites excluding steroid dienone is 8. The summed E-state index contributed by atoms with van der Waals surface area (Å²) < 4.78 is 22.8. The average Bonchev–Trinajstić information content (AvgIpc) is 3.40. The molecule has 77 heavy (non-hydrogen) atoms. The standard InChI is InChI=1S/C68H125NO8/c1-6-8-10-12-14-16-18-20-22-24-26-28-30-31-32-33-34-35-37-39-41-43-45-47-49-51-53-55-57-59-66(71)77-64(63-76-68(67(72)73)74-61-60-69(3,4)5)62-75-65(70)58-56-54-52-50-48-46-44-42-40-38-36-29-27-25-23-21-19-17-15-13-11-9-7-2/h18-21,24-27,64,68H,6-17,22-23,28-63H2,1-5H3/b20-18-,21-19-,26-24-,27-25-. The number of unbranched alkanes of at least 4 members (excludes halogenated alkanes) is 38. The second kappa shape index (κ2) is 59.4. The largest absolute Gasteiger partial charge is 0.545 e. The molecule has 0 rings (SSSR count). The van der Waals surface area contributed by atoms with Gasteiger partial charge in [0.05, 0.1) is 40.3 Å². The lowest BCUT2D eigenvalue weighted by atomic mass is 10.0. The van der Waals surface area contributed by atoms with Crippen LogP contribution in [-0.4, -0.2) is 82.3 Å². The highest BCUT2D eigenvalue weighted by atomic mass is 16.7. The van der Waals surface area contributed by atoms with Crippen molar-refractivity contribution in [3.63, 3.8) is 0 Å². The van der Waals surface area contributed by atoms with Gasteiger partial charge in [0.1, 0.15) is 13.2 Å². The summed E-state index contributed by atoms with van der Waals surface area (Å²) in [5.74, 6) is -2.27. The van der Waals surface area contributed by atoms with Crippen LogP contribution in [0.1, 0.15) is 309 Å². The van der Waals surface area contributed by atoms with Crippen LogP contribution in [-0.2, 0) is 33.3 Å². The van der Waals surface area contributed by atoms with Crippen LogP contribution in [0.2, 0.25) is 0 Å². The molecule has 0 aliphatic rings. The fourth-order valence-corrected chi connectivity index (χ4v) is 9.48. The lowest BCUT2D eigenvalue weighted by Gasteiger charge is -2.26. The number of likely N-dealkylation sites (N-methyl/N-ethyl adjacent to an activating group) is 1. The van der Waals surface area contributed by atoms with E-state index in [1.54, 1.807) is 0 Å². The van der Waals surface area contributed by atoms with Gasteiger partial charge in [-0.2, -0.15) is 0 Å². The number of carbonyl (C=O) groups is 3. The summed E-state index contributed by atoms with van der Waals surface area (Å²) in [6.07, 6.45) is 71.7. The van der Waals surface area contributed by atoms with Crippen LogP contribution in [0.3, 0.4) is 0 Å². The summed E-state index contributed by atoms with van der Waals surface area (Å²) in [5, 5.41) is 11.8. The molecule has 0 fully saturated rings. The van der Waals surface area contributed by atoms with Gasteiger partial charge in [-0.15, -0.1) is 0 Å². The van der Waals surface area contributed by atoms with E-state index in [4.69, 9.17) is 18.9 Å². The maximum Gasteiger partial charge on any atom is 0.306 e. The second-order valence-corrected chi connectivity index (χ2v) is 23.4. The fourth-order valence-electron chi connectivity index (χ4n) is 9.48. The maximum atomic E-state index is 12.9. The first-order chi connectivity index (χ1) is 37.6. The molecular formula is C68H125NO8. The van der Waals surface area contributed by atoms with E-state index < -0.39 is 24.3 Å². The third-order valence-corrected chi connectivity index (χ3v) is 14.5. The Morgan fingerprint density at radius 2 is 0.701 bits per heavy atom. The molecule has 9 heteroatoms. The monoisotopic (exact) mass is 1080 g/mol. The molecule has 2 unspecified atom stereocenters. The molecule has 0 aliphatic carbocycles. The Balaban J connectivity index is 4.14. The molecule has 0 radical (unpaired) electrons. The minimum atomic E-state index is -1.62. The van der Waals surface area contributed by atoms with E-state index in [-0.39, 0.29) is 32.2 Å². The van der Waals surface area contributed by atoms with Crippen molar-refractivity contribution in [1.29, 1.82) is 0 Å². The number of ether oxygens (including phenoxy) is 4. The number of aliphatic carboxylic acids is 1. The SMILES string of the molecule is CCCCCCC/C=C\C/C=C\CCCCCCCCCCCCCCCCCCCC(=O)OC(COC(=O)CCCCCCCCCCCCC/C=C\C/C=C\CCCCCCC)COC(OCC[N+](C)(C)C)C(=O)[O-]. The van der Waals surface area contributed by atoms with Gasteiger partial charge in [-0.25, -0.2) is 0 Å². The van der Waals surface area contributed by atoms with Crippen LogP contribution in [0.4, 0.5) is 0 Å². The summed E-state index contributed by atoms with van der Waals surface area (Å²) in [5.41, 5.74) is 0. The number of carboxylic acids is 1. The zero-order valence-corrected chi connectivity index (χ0v) is 51.3. The van der Waals surface area contributed by atoms with Gasteiger partial charge in [0.2, 0.25) is 0 Å². The van der Waals surface area contributed by atoms with E-state index in [9.17, 15) is 19.5 Å². The van der Waals surface area contributed by atoms with Crippen LogP contribution < -0.4 is 5.11 Å². The fraction of sp³-hybridized carbons (Fsp3) is 0.838.